The van der Waals surface area contributed by atoms with Crippen molar-refractivity contribution in [2.75, 3.05) is 25.6 Å². The average Bonchev–Trinajstić information content (AvgIpc) is 2.34. The highest BCUT2D eigenvalue weighted by molar-refractivity contribution is 7.79. The van der Waals surface area contributed by atoms with Crippen molar-refractivity contribution < 1.29 is 23.4 Å². The number of amides is 1. The molecule has 7 nitrogen and oxygen atoms in total. The SMILES string of the molecule is CC(C)(C)OC(=O)NC(CO)C1CCN(CS(=O)[O-])CC1. The van der Waals surface area contributed by atoms with E-state index in [0.29, 0.717) is 13.1 Å². The van der Waals surface area contributed by atoms with Crippen LogP contribution in [-0.4, -0.2) is 62.1 Å². The zero-order valence-electron chi connectivity index (χ0n) is 12.8. The molecule has 0 bridgehead atoms. The maximum Gasteiger partial charge on any atom is 0.407 e. The molecule has 1 saturated heterocycles. The molecular formula is C13H25N2O5S-. The van der Waals surface area contributed by atoms with Crippen LogP contribution in [0.1, 0.15) is 33.6 Å². The molecule has 0 spiro atoms. The predicted octanol–water partition coefficient (Wildman–Crippen LogP) is 0.421. The first-order chi connectivity index (χ1) is 9.71. The van der Waals surface area contributed by atoms with Gasteiger partial charge in [0.2, 0.25) is 0 Å². The van der Waals surface area contributed by atoms with Crippen LogP contribution in [0.5, 0.6) is 0 Å². The van der Waals surface area contributed by atoms with Crippen LogP contribution in [0.25, 0.3) is 0 Å². The van der Waals surface area contributed by atoms with Crippen molar-refractivity contribution in [2.45, 2.75) is 45.3 Å². The van der Waals surface area contributed by atoms with Gasteiger partial charge in [0, 0.05) is 0 Å². The zero-order chi connectivity index (χ0) is 16.0. The zero-order valence-corrected chi connectivity index (χ0v) is 13.6. The topological polar surface area (TPSA) is 102 Å². The molecule has 0 radical (unpaired) electrons. The van der Waals surface area contributed by atoms with Crippen LogP contribution >= 0.6 is 0 Å². The van der Waals surface area contributed by atoms with E-state index in [0.717, 1.165) is 12.8 Å². The molecule has 0 aromatic rings. The summed E-state index contributed by atoms with van der Waals surface area (Å²) in [6, 6.07) is -0.361. The van der Waals surface area contributed by atoms with Crippen molar-refractivity contribution in [1.29, 1.82) is 0 Å². The summed E-state index contributed by atoms with van der Waals surface area (Å²) in [6.45, 7) is 6.47. The minimum Gasteiger partial charge on any atom is -0.771 e. The highest BCUT2D eigenvalue weighted by Gasteiger charge is 2.28. The minimum atomic E-state index is -2.07. The molecule has 2 N–H and O–H groups in total. The lowest BCUT2D eigenvalue weighted by molar-refractivity contribution is 0.0426. The van der Waals surface area contributed by atoms with Crippen molar-refractivity contribution in [1.82, 2.24) is 10.2 Å². The monoisotopic (exact) mass is 321 g/mol. The number of nitrogens with zero attached hydrogens (tertiary/aromatic N) is 1. The number of aliphatic hydroxyl groups excluding tert-OH is 1. The molecule has 0 saturated carbocycles. The number of hydrogen-bond donors (Lipinski definition) is 2. The van der Waals surface area contributed by atoms with Crippen molar-refractivity contribution in [3.8, 4) is 0 Å². The van der Waals surface area contributed by atoms with Crippen molar-refractivity contribution in [3.63, 3.8) is 0 Å². The van der Waals surface area contributed by atoms with E-state index in [1.54, 1.807) is 20.8 Å². The number of nitrogens with one attached hydrogen (secondary N) is 1. The number of rotatable bonds is 5. The Bertz CT molecular complexity index is 364. The fraction of sp³-hybridized carbons (Fsp3) is 0.923. The summed E-state index contributed by atoms with van der Waals surface area (Å²) in [4.78, 5) is 13.6. The lowest BCUT2D eigenvalue weighted by Crippen LogP contribution is -2.48. The largest absolute Gasteiger partial charge is 0.771 e. The van der Waals surface area contributed by atoms with E-state index >= 15 is 0 Å². The molecule has 1 heterocycles. The highest BCUT2D eigenvalue weighted by Crippen LogP contribution is 2.21. The third kappa shape index (κ3) is 7.21. The number of aliphatic hydroxyl groups is 1. The predicted molar refractivity (Wildman–Crippen MR) is 78.3 cm³/mol. The standard InChI is InChI=1S/C13H26N2O5S/c1-13(2,3)20-12(17)14-11(8-16)10-4-6-15(7-5-10)9-21(18)19/h10-11,16H,4-9H2,1-3H3,(H,14,17)(H,18,19)/p-1. The summed E-state index contributed by atoms with van der Waals surface area (Å²) in [7, 11) is 0. The summed E-state index contributed by atoms with van der Waals surface area (Å²) in [5.41, 5.74) is -0.578. The van der Waals surface area contributed by atoms with E-state index < -0.39 is 22.8 Å². The van der Waals surface area contributed by atoms with Crippen molar-refractivity contribution in [2.24, 2.45) is 5.92 Å². The van der Waals surface area contributed by atoms with Gasteiger partial charge in [-0.05, 0) is 63.7 Å². The average molecular weight is 321 g/mol. The Kier molecular flexibility index (Phi) is 7.05. The summed E-state index contributed by atoms with van der Waals surface area (Å²) >= 11 is -2.07. The van der Waals surface area contributed by atoms with Gasteiger partial charge in [-0.1, -0.05) is 0 Å². The molecule has 2 unspecified atom stereocenters. The highest BCUT2D eigenvalue weighted by atomic mass is 32.2. The van der Waals surface area contributed by atoms with Gasteiger partial charge < -0.3 is 19.7 Å². The van der Waals surface area contributed by atoms with Gasteiger partial charge in [0.25, 0.3) is 0 Å². The fourth-order valence-corrected chi connectivity index (χ4v) is 2.96. The van der Waals surface area contributed by atoms with Gasteiger partial charge in [-0.15, -0.1) is 0 Å². The Morgan fingerprint density at radius 3 is 2.48 bits per heavy atom. The number of hydrogen-bond acceptors (Lipinski definition) is 6. The van der Waals surface area contributed by atoms with Crippen molar-refractivity contribution in [3.05, 3.63) is 0 Å². The number of ether oxygens (including phenoxy) is 1. The van der Waals surface area contributed by atoms with E-state index in [1.807, 2.05) is 4.90 Å². The first-order valence-electron chi connectivity index (χ1n) is 7.10. The molecular weight excluding hydrogens is 296 g/mol. The third-order valence-electron chi connectivity index (χ3n) is 3.39. The number of likely N-dealkylation sites (tertiary alicyclic amines) is 1. The lowest BCUT2D eigenvalue weighted by Gasteiger charge is -2.36. The smallest absolute Gasteiger partial charge is 0.407 e. The molecule has 21 heavy (non-hydrogen) atoms. The maximum atomic E-state index is 11.7. The molecule has 8 heteroatoms. The van der Waals surface area contributed by atoms with Crippen LogP contribution in [0, 0.1) is 5.92 Å². The Hall–Kier alpha value is -0.700. The van der Waals surface area contributed by atoms with Crippen LogP contribution in [0.2, 0.25) is 0 Å². The van der Waals surface area contributed by atoms with Crippen LogP contribution < -0.4 is 5.32 Å². The molecule has 1 aliphatic heterocycles. The van der Waals surface area contributed by atoms with Crippen LogP contribution in [0.15, 0.2) is 0 Å². The molecule has 1 rings (SSSR count). The Labute approximate surface area is 128 Å². The fourth-order valence-electron chi connectivity index (χ4n) is 2.40. The third-order valence-corrected chi connectivity index (χ3v) is 3.96. The minimum absolute atomic E-state index is 0.0377. The Balaban J connectivity index is 2.44. The quantitative estimate of drug-likeness (QED) is 0.712. The summed E-state index contributed by atoms with van der Waals surface area (Å²) in [5, 5.41) is 12.2. The number of carbonyl (C=O) groups excluding carboxylic acids is 1. The first-order valence-corrected chi connectivity index (χ1v) is 8.34. The second-order valence-corrected chi connectivity index (χ2v) is 7.19. The van der Waals surface area contributed by atoms with Gasteiger partial charge in [-0.2, -0.15) is 0 Å². The van der Waals surface area contributed by atoms with Gasteiger partial charge >= 0.3 is 6.09 Å². The van der Waals surface area contributed by atoms with Crippen LogP contribution in [-0.2, 0) is 15.8 Å². The second kappa shape index (κ2) is 8.07. The normalized spacial score (nSPS) is 20.8. The van der Waals surface area contributed by atoms with Gasteiger partial charge in [0.1, 0.15) is 5.60 Å². The van der Waals surface area contributed by atoms with Crippen molar-refractivity contribution >= 4 is 17.2 Å². The Morgan fingerprint density at radius 1 is 1.48 bits per heavy atom. The van der Waals surface area contributed by atoms with Gasteiger partial charge in [-0.3, -0.25) is 9.11 Å². The first kappa shape index (κ1) is 18.3. The van der Waals surface area contributed by atoms with Crippen LogP contribution in [0.3, 0.4) is 0 Å². The number of carbonyl (C=O) groups is 1. The van der Waals surface area contributed by atoms with Gasteiger partial charge in [-0.25, -0.2) is 4.79 Å². The summed E-state index contributed by atoms with van der Waals surface area (Å²) < 4.78 is 26.5. The number of alkyl carbamates (subject to hydrolysis) is 1. The second-order valence-electron chi connectivity index (χ2n) is 6.32. The summed E-state index contributed by atoms with van der Waals surface area (Å²) in [6.07, 6.45) is 0.931. The Morgan fingerprint density at radius 2 is 2.05 bits per heavy atom. The molecule has 1 amide bonds. The molecule has 0 aromatic heterocycles. The van der Waals surface area contributed by atoms with E-state index in [9.17, 15) is 18.7 Å². The maximum absolute atomic E-state index is 11.7. The van der Waals surface area contributed by atoms with E-state index in [1.165, 1.54) is 0 Å². The van der Waals surface area contributed by atoms with E-state index in [4.69, 9.17) is 4.74 Å². The molecule has 1 aliphatic rings. The molecule has 2 atom stereocenters. The lowest BCUT2D eigenvalue weighted by atomic mass is 9.90. The van der Waals surface area contributed by atoms with Gasteiger partial charge in [0.15, 0.2) is 0 Å². The van der Waals surface area contributed by atoms with Crippen LogP contribution in [0.4, 0.5) is 4.79 Å². The number of piperidine rings is 1. The van der Waals surface area contributed by atoms with Gasteiger partial charge in [0.05, 0.1) is 18.5 Å². The van der Waals surface area contributed by atoms with E-state index in [2.05, 4.69) is 5.32 Å². The van der Waals surface area contributed by atoms with E-state index in [-0.39, 0.29) is 24.4 Å². The molecule has 1 fully saturated rings. The molecule has 0 aliphatic carbocycles. The summed E-state index contributed by atoms with van der Waals surface area (Å²) in [5.74, 6) is 0.162. The molecule has 124 valence electrons. The molecule has 0 aromatic carbocycles.